The minimum absolute atomic E-state index is 0.473. The van der Waals surface area contributed by atoms with E-state index in [0.29, 0.717) is 34.8 Å². The third-order valence-electron chi connectivity index (χ3n) is 3.38. The number of hydrogen-bond acceptors (Lipinski definition) is 6. The number of ether oxygens (including phenoxy) is 4. The molecule has 0 aliphatic rings. The van der Waals surface area contributed by atoms with E-state index in [1.165, 1.54) is 0 Å². The maximum atomic E-state index is 5.34. The summed E-state index contributed by atoms with van der Waals surface area (Å²) >= 11 is 5.30. The van der Waals surface area contributed by atoms with Crippen LogP contribution in [0, 0.1) is 0 Å². The Labute approximate surface area is 152 Å². The molecule has 25 heavy (non-hydrogen) atoms. The first-order valence-electron chi connectivity index (χ1n) is 7.45. The average Bonchev–Trinajstić information content (AvgIpc) is 2.65. The van der Waals surface area contributed by atoms with Crippen LogP contribution in [0.3, 0.4) is 0 Å². The SMILES string of the molecule is COc1ccc(NC(=S)NCc2cc(OC)c(OC)c(OC)c2)cn1. The van der Waals surface area contributed by atoms with Crippen molar-refractivity contribution in [2.24, 2.45) is 0 Å². The van der Waals surface area contributed by atoms with Crippen LogP contribution < -0.4 is 29.6 Å². The van der Waals surface area contributed by atoms with Gasteiger partial charge in [0, 0.05) is 12.6 Å². The summed E-state index contributed by atoms with van der Waals surface area (Å²) in [4.78, 5) is 4.11. The first-order chi connectivity index (χ1) is 12.1. The molecule has 0 atom stereocenters. The van der Waals surface area contributed by atoms with Gasteiger partial charge in [-0.15, -0.1) is 0 Å². The Morgan fingerprint density at radius 1 is 1.00 bits per heavy atom. The molecule has 0 bridgehead atoms. The number of nitrogens with one attached hydrogen (secondary N) is 2. The molecule has 0 radical (unpaired) electrons. The monoisotopic (exact) mass is 363 g/mol. The van der Waals surface area contributed by atoms with E-state index in [1.54, 1.807) is 40.7 Å². The van der Waals surface area contributed by atoms with Gasteiger partial charge in [-0.3, -0.25) is 0 Å². The number of hydrogen-bond donors (Lipinski definition) is 2. The van der Waals surface area contributed by atoms with Gasteiger partial charge in [0.2, 0.25) is 11.6 Å². The number of nitrogens with zero attached hydrogens (tertiary/aromatic N) is 1. The Morgan fingerprint density at radius 2 is 1.68 bits per heavy atom. The smallest absolute Gasteiger partial charge is 0.213 e. The van der Waals surface area contributed by atoms with Gasteiger partial charge in [0.15, 0.2) is 16.6 Å². The van der Waals surface area contributed by atoms with E-state index >= 15 is 0 Å². The second-order valence-corrected chi connectivity index (χ2v) is 5.34. The van der Waals surface area contributed by atoms with Gasteiger partial charge in [0.1, 0.15) is 0 Å². The summed E-state index contributed by atoms with van der Waals surface area (Å²) in [6.07, 6.45) is 1.65. The van der Waals surface area contributed by atoms with Gasteiger partial charge in [0.25, 0.3) is 0 Å². The summed E-state index contributed by atoms with van der Waals surface area (Å²) < 4.78 is 21.0. The fourth-order valence-corrected chi connectivity index (χ4v) is 2.36. The lowest BCUT2D eigenvalue weighted by atomic mass is 10.2. The van der Waals surface area contributed by atoms with Crippen LogP contribution in [0.25, 0.3) is 0 Å². The summed E-state index contributed by atoms with van der Waals surface area (Å²) in [5.74, 6) is 2.29. The van der Waals surface area contributed by atoms with Gasteiger partial charge >= 0.3 is 0 Å². The van der Waals surface area contributed by atoms with E-state index in [-0.39, 0.29) is 0 Å². The molecule has 0 aliphatic carbocycles. The van der Waals surface area contributed by atoms with Crippen molar-refractivity contribution in [2.75, 3.05) is 33.8 Å². The fourth-order valence-electron chi connectivity index (χ4n) is 2.17. The predicted molar refractivity (Wildman–Crippen MR) is 99.9 cm³/mol. The number of anilines is 1. The normalized spacial score (nSPS) is 9.92. The fraction of sp³-hybridized carbons (Fsp3) is 0.294. The minimum atomic E-state index is 0.473. The Kier molecular flexibility index (Phi) is 6.64. The molecule has 2 aromatic rings. The maximum Gasteiger partial charge on any atom is 0.213 e. The molecule has 0 amide bonds. The standard InChI is InChI=1S/C17H21N3O4S/c1-21-13-7-11(8-14(22-2)16(13)24-4)9-19-17(25)20-12-5-6-15(23-3)18-10-12/h5-8,10H,9H2,1-4H3,(H2,19,20,25). The highest BCUT2D eigenvalue weighted by Gasteiger charge is 2.13. The van der Waals surface area contributed by atoms with Crippen LogP contribution in [0.15, 0.2) is 30.5 Å². The molecule has 0 spiro atoms. The molecule has 1 aromatic carbocycles. The Bertz CT molecular complexity index is 697. The Balaban J connectivity index is 2.01. The molecule has 2 rings (SSSR count). The summed E-state index contributed by atoms with van der Waals surface area (Å²) in [5.41, 5.74) is 1.70. The van der Waals surface area contributed by atoms with Crippen molar-refractivity contribution in [3.8, 4) is 23.1 Å². The van der Waals surface area contributed by atoms with Crippen molar-refractivity contribution < 1.29 is 18.9 Å². The van der Waals surface area contributed by atoms with Crippen LogP contribution in [0.5, 0.6) is 23.1 Å². The van der Waals surface area contributed by atoms with Gasteiger partial charge in [-0.2, -0.15) is 0 Å². The van der Waals surface area contributed by atoms with Crippen molar-refractivity contribution in [3.05, 3.63) is 36.0 Å². The highest BCUT2D eigenvalue weighted by Crippen LogP contribution is 2.38. The number of methoxy groups -OCH3 is 4. The molecule has 1 aromatic heterocycles. The second kappa shape index (κ2) is 8.93. The molecule has 0 unspecified atom stereocenters. The van der Waals surface area contributed by atoms with Crippen molar-refractivity contribution in [1.82, 2.24) is 10.3 Å². The van der Waals surface area contributed by atoms with E-state index < -0.39 is 0 Å². The third kappa shape index (κ3) is 4.87. The van der Waals surface area contributed by atoms with Gasteiger partial charge in [0.05, 0.1) is 40.3 Å². The van der Waals surface area contributed by atoms with E-state index in [1.807, 2.05) is 18.2 Å². The van der Waals surface area contributed by atoms with Crippen LogP contribution in [0.2, 0.25) is 0 Å². The molecule has 8 heteroatoms. The highest BCUT2D eigenvalue weighted by molar-refractivity contribution is 7.80. The van der Waals surface area contributed by atoms with Crippen LogP contribution in [-0.4, -0.2) is 38.5 Å². The van der Waals surface area contributed by atoms with Crippen LogP contribution >= 0.6 is 12.2 Å². The summed E-state index contributed by atoms with van der Waals surface area (Å²) in [5, 5.41) is 6.66. The predicted octanol–water partition coefficient (Wildman–Crippen LogP) is 2.60. The molecule has 0 saturated heterocycles. The van der Waals surface area contributed by atoms with Crippen LogP contribution in [0.4, 0.5) is 5.69 Å². The van der Waals surface area contributed by atoms with Crippen molar-refractivity contribution in [2.45, 2.75) is 6.54 Å². The zero-order chi connectivity index (χ0) is 18.2. The topological polar surface area (TPSA) is 73.9 Å². The van der Waals surface area contributed by atoms with E-state index in [2.05, 4.69) is 15.6 Å². The van der Waals surface area contributed by atoms with Gasteiger partial charge in [-0.05, 0) is 36.0 Å². The molecular formula is C17H21N3O4S. The number of aromatic nitrogens is 1. The molecule has 0 aliphatic heterocycles. The minimum Gasteiger partial charge on any atom is -0.493 e. The molecular weight excluding hydrogens is 342 g/mol. The van der Waals surface area contributed by atoms with E-state index in [4.69, 9.17) is 31.2 Å². The maximum absolute atomic E-state index is 5.34. The van der Waals surface area contributed by atoms with Crippen molar-refractivity contribution in [1.29, 1.82) is 0 Å². The Morgan fingerprint density at radius 3 is 2.16 bits per heavy atom. The highest BCUT2D eigenvalue weighted by atomic mass is 32.1. The number of pyridine rings is 1. The lowest BCUT2D eigenvalue weighted by Gasteiger charge is -2.15. The number of rotatable bonds is 7. The Hall–Kier alpha value is -2.74. The third-order valence-corrected chi connectivity index (χ3v) is 3.63. The second-order valence-electron chi connectivity index (χ2n) is 4.93. The molecule has 1 heterocycles. The lowest BCUT2D eigenvalue weighted by Crippen LogP contribution is -2.27. The summed E-state index contributed by atoms with van der Waals surface area (Å²) in [6.45, 7) is 0.492. The lowest BCUT2D eigenvalue weighted by molar-refractivity contribution is 0.323. The molecule has 2 N–H and O–H groups in total. The zero-order valence-corrected chi connectivity index (χ0v) is 15.4. The zero-order valence-electron chi connectivity index (χ0n) is 14.6. The summed E-state index contributed by atoms with van der Waals surface area (Å²) in [6, 6.07) is 7.32. The van der Waals surface area contributed by atoms with Gasteiger partial charge in [-0.25, -0.2) is 4.98 Å². The first kappa shape index (κ1) is 18.6. The summed E-state index contributed by atoms with van der Waals surface area (Å²) in [7, 11) is 6.30. The average molecular weight is 363 g/mol. The van der Waals surface area contributed by atoms with Crippen molar-refractivity contribution in [3.63, 3.8) is 0 Å². The molecule has 7 nitrogen and oxygen atoms in total. The molecule has 0 saturated carbocycles. The quantitative estimate of drug-likeness (QED) is 0.727. The van der Waals surface area contributed by atoms with Crippen LogP contribution in [-0.2, 0) is 6.54 Å². The first-order valence-corrected chi connectivity index (χ1v) is 7.85. The van der Waals surface area contributed by atoms with Crippen LogP contribution in [0.1, 0.15) is 5.56 Å². The number of benzene rings is 1. The molecule has 0 fully saturated rings. The van der Waals surface area contributed by atoms with Gasteiger partial charge < -0.3 is 29.6 Å². The van der Waals surface area contributed by atoms with E-state index in [9.17, 15) is 0 Å². The number of thiocarbonyl (C=S) groups is 1. The largest absolute Gasteiger partial charge is 0.493 e. The molecule has 134 valence electrons. The van der Waals surface area contributed by atoms with E-state index in [0.717, 1.165) is 11.3 Å². The van der Waals surface area contributed by atoms with Gasteiger partial charge in [-0.1, -0.05) is 0 Å². The van der Waals surface area contributed by atoms with Crippen molar-refractivity contribution >= 4 is 23.0 Å².